The molecule has 1 aromatic heterocycles. The molecule has 2 rings (SSSR count). The highest BCUT2D eigenvalue weighted by Crippen LogP contribution is 2.28. The van der Waals surface area contributed by atoms with Gasteiger partial charge in [-0.3, -0.25) is 4.68 Å². The maximum absolute atomic E-state index is 12.1. The Morgan fingerprint density at radius 2 is 1.71 bits per heavy atom. The van der Waals surface area contributed by atoms with Crippen molar-refractivity contribution in [3.05, 3.63) is 35.7 Å². The van der Waals surface area contributed by atoms with Crippen LogP contribution in [0.1, 0.15) is 18.3 Å². The number of aryl methyl sites for hydroxylation is 2. The quantitative estimate of drug-likeness (QED) is 0.872. The molecule has 1 heterocycles. The van der Waals surface area contributed by atoms with Crippen molar-refractivity contribution < 1.29 is 8.42 Å². The molecule has 0 amide bonds. The molecule has 0 atom stereocenters. The van der Waals surface area contributed by atoms with E-state index < -0.39 is 10.0 Å². The van der Waals surface area contributed by atoms with Crippen molar-refractivity contribution in [2.75, 3.05) is 14.1 Å². The van der Waals surface area contributed by atoms with Crippen LogP contribution in [0.5, 0.6) is 0 Å². The van der Waals surface area contributed by atoms with Gasteiger partial charge >= 0.3 is 0 Å². The number of sulfonamides is 1. The number of nitrogens with zero attached hydrogens (tertiary/aromatic N) is 3. The molecule has 1 aromatic carbocycles. The largest absolute Gasteiger partial charge is 0.269 e. The van der Waals surface area contributed by atoms with Crippen molar-refractivity contribution in [3.63, 3.8) is 0 Å². The summed E-state index contributed by atoms with van der Waals surface area (Å²) in [5.41, 5.74) is 4.11. The molecule has 5 nitrogen and oxygen atoms in total. The summed E-state index contributed by atoms with van der Waals surface area (Å²) in [6.07, 6.45) is 0. The molecular weight excluding hydrogens is 286 g/mol. The summed E-state index contributed by atoms with van der Waals surface area (Å²) in [5, 5.41) is 4.49. The Bertz CT molecular complexity index is 744. The van der Waals surface area contributed by atoms with Crippen LogP contribution in [-0.2, 0) is 16.6 Å². The van der Waals surface area contributed by atoms with Crippen molar-refractivity contribution in [3.8, 4) is 11.1 Å². The van der Waals surface area contributed by atoms with Crippen molar-refractivity contribution in [2.24, 2.45) is 0 Å². The van der Waals surface area contributed by atoms with E-state index in [4.69, 9.17) is 0 Å². The molecule has 0 fully saturated rings. The van der Waals surface area contributed by atoms with Crippen LogP contribution in [-0.4, -0.2) is 36.6 Å². The van der Waals surface area contributed by atoms with Crippen LogP contribution in [0.15, 0.2) is 29.2 Å². The Kier molecular flexibility index (Phi) is 4.20. The van der Waals surface area contributed by atoms with Crippen LogP contribution in [0, 0.1) is 13.8 Å². The molecule has 0 aliphatic carbocycles. The molecule has 0 unspecified atom stereocenters. The minimum atomic E-state index is -3.38. The van der Waals surface area contributed by atoms with Crippen LogP contribution in [0.4, 0.5) is 0 Å². The average Bonchev–Trinajstić information content (AvgIpc) is 2.73. The average molecular weight is 307 g/mol. The van der Waals surface area contributed by atoms with E-state index in [9.17, 15) is 8.42 Å². The monoisotopic (exact) mass is 307 g/mol. The molecular formula is C15H21N3O2S. The SMILES string of the molecule is CCn1nc(C)c(-c2ccc(S(=O)(=O)N(C)C)cc2)c1C. The second-order valence-corrected chi connectivity index (χ2v) is 7.33. The number of rotatable bonds is 4. The van der Waals surface area contributed by atoms with Gasteiger partial charge in [-0.05, 0) is 38.5 Å². The lowest BCUT2D eigenvalue weighted by Crippen LogP contribution is -2.22. The molecule has 21 heavy (non-hydrogen) atoms. The van der Waals surface area contributed by atoms with Crippen molar-refractivity contribution in [1.29, 1.82) is 0 Å². The summed E-state index contributed by atoms with van der Waals surface area (Å²) in [6, 6.07) is 6.97. The van der Waals surface area contributed by atoms with Gasteiger partial charge in [-0.2, -0.15) is 5.10 Å². The molecule has 0 saturated carbocycles. The zero-order valence-electron chi connectivity index (χ0n) is 13.1. The lowest BCUT2D eigenvalue weighted by molar-refractivity contribution is 0.521. The van der Waals surface area contributed by atoms with Crippen molar-refractivity contribution in [1.82, 2.24) is 14.1 Å². The minimum absolute atomic E-state index is 0.300. The smallest absolute Gasteiger partial charge is 0.242 e. The van der Waals surface area contributed by atoms with Crippen molar-refractivity contribution >= 4 is 10.0 Å². The topological polar surface area (TPSA) is 55.2 Å². The Labute approximate surface area is 126 Å². The van der Waals surface area contributed by atoms with Gasteiger partial charge in [-0.1, -0.05) is 12.1 Å². The van der Waals surface area contributed by atoms with Gasteiger partial charge in [-0.15, -0.1) is 0 Å². The Morgan fingerprint density at radius 1 is 1.14 bits per heavy atom. The summed E-state index contributed by atoms with van der Waals surface area (Å²) in [6.45, 7) is 6.87. The van der Waals surface area contributed by atoms with E-state index in [0.29, 0.717) is 4.90 Å². The summed E-state index contributed by atoms with van der Waals surface area (Å²) in [4.78, 5) is 0.300. The van der Waals surface area contributed by atoms with Gasteiger partial charge in [0.25, 0.3) is 0 Å². The first-order chi connectivity index (χ1) is 9.78. The molecule has 6 heteroatoms. The third kappa shape index (κ3) is 2.73. The molecule has 0 radical (unpaired) electrons. The normalized spacial score (nSPS) is 12.1. The lowest BCUT2D eigenvalue weighted by atomic mass is 10.0. The number of benzene rings is 1. The summed E-state index contributed by atoms with van der Waals surface area (Å²) in [5.74, 6) is 0. The van der Waals surface area contributed by atoms with E-state index in [0.717, 1.165) is 29.1 Å². The molecule has 0 spiro atoms. The van der Waals surface area contributed by atoms with Crippen molar-refractivity contribution in [2.45, 2.75) is 32.2 Å². The predicted octanol–water partition coefficient (Wildman–Crippen LogP) is 2.44. The Balaban J connectivity index is 2.48. The van der Waals surface area contributed by atoms with E-state index in [1.807, 2.05) is 30.7 Å². The molecule has 0 saturated heterocycles. The van der Waals surface area contributed by atoms with E-state index in [-0.39, 0.29) is 0 Å². The third-order valence-corrected chi connectivity index (χ3v) is 5.43. The highest BCUT2D eigenvalue weighted by Gasteiger charge is 2.18. The Hall–Kier alpha value is -1.66. The molecule has 0 bridgehead atoms. The second kappa shape index (κ2) is 5.61. The summed E-state index contributed by atoms with van der Waals surface area (Å²) in [7, 11) is -0.322. The van der Waals surface area contributed by atoms with Gasteiger partial charge in [0.15, 0.2) is 0 Å². The summed E-state index contributed by atoms with van der Waals surface area (Å²) < 4.78 is 27.3. The van der Waals surface area contributed by atoms with Crippen LogP contribution in [0.25, 0.3) is 11.1 Å². The van der Waals surface area contributed by atoms with Gasteiger partial charge in [0, 0.05) is 31.9 Å². The number of aromatic nitrogens is 2. The van der Waals surface area contributed by atoms with Gasteiger partial charge in [0.1, 0.15) is 0 Å². The Morgan fingerprint density at radius 3 is 2.14 bits per heavy atom. The maximum atomic E-state index is 12.1. The highest BCUT2D eigenvalue weighted by atomic mass is 32.2. The first-order valence-corrected chi connectivity index (χ1v) is 8.30. The van der Waals surface area contributed by atoms with Gasteiger partial charge in [0.2, 0.25) is 10.0 Å². The van der Waals surface area contributed by atoms with Crippen LogP contribution in [0.3, 0.4) is 0 Å². The first-order valence-electron chi connectivity index (χ1n) is 6.86. The predicted molar refractivity (Wildman–Crippen MR) is 83.7 cm³/mol. The van der Waals surface area contributed by atoms with E-state index in [1.165, 1.54) is 18.4 Å². The van der Waals surface area contributed by atoms with E-state index in [2.05, 4.69) is 12.0 Å². The minimum Gasteiger partial charge on any atom is -0.269 e. The van der Waals surface area contributed by atoms with E-state index in [1.54, 1.807) is 12.1 Å². The molecule has 0 N–H and O–H groups in total. The fraction of sp³-hybridized carbons (Fsp3) is 0.400. The molecule has 2 aromatic rings. The van der Waals surface area contributed by atoms with Crippen LogP contribution in [0.2, 0.25) is 0 Å². The van der Waals surface area contributed by atoms with E-state index >= 15 is 0 Å². The summed E-state index contributed by atoms with van der Waals surface area (Å²) >= 11 is 0. The first kappa shape index (κ1) is 15.7. The van der Waals surface area contributed by atoms with Gasteiger partial charge in [0.05, 0.1) is 10.6 Å². The van der Waals surface area contributed by atoms with Gasteiger partial charge in [-0.25, -0.2) is 12.7 Å². The second-order valence-electron chi connectivity index (χ2n) is 5.17. The van der Waals surface area contributed by atoms with Crippen LogP contribution >= 0.6 is 0 Å². The maximum Gasteiger partial charge on any atom is 0.242 e. The zero-order chi connectivity index (χ0) is 15.8. The zero-order valence-corrected chi connectivity index (χ0v) is 13.9. The fourth-order valence-electron chi connectivity index (χ4n) is 2.43. The third-order valence-electron chi connectivity index (χ3n) is 3.60. The number of hydrogen-bond donors (Lipinski definition) is 0. The molecule has 114 valence electrons. The lowest BCUT2D eigenvalue weighted by Gasteiger charge is -2.11. The van der Waals surface area contributed by atoms with Gasteiger partial charge < -0.3 is 0 Å². The number of hydrogen-bond acceptors (Lipinski definition) is 3. The molecule has 0 aliphatic rings. The molecule has 0 aliphatic heterocycles. The standard InChI is InChI=1S/C15H21N3O2S/c1-6-18-12(3)15(11(2)16-18)13-7-9-14(10-8-13)21(19,20)17(4)5/h7-10H,6H2,1-5H3. The highest BCUT2D eigenvalue weighted by molar-refractivity contribution is 7.89. The fourth-order valence-corrected chi connectivity index (χ4v) is 3.33. The van der Waals surface area contributed by atoms with Crippen LogP contribution < -0.4 is 0 Å².